The van der Waals surface area contributed by atoms with Gasteiger partial charge in [0.05, 0.1) is 0 Å². The molecule has 0 saturated heterocycles. The van der Waals surface area contributed by atoms with E-state index in [4.69, 9.17) is 5.11 Å². The van der Waals surface area contributed by atoms with Crippen molar-refractivity contribution in [2.24, 2.45) is 5.92 Å². The maximum atomic E-state index is 13.6. The minimum absolute atomic E-state index is 0.00715. The van der Waals surface area contributed by atoms with E-state index in [0.29, 0.717) is 5.56 Å². The number of nitrogens with one attached hydrogen (secondary N) is 1. The summed E-state index contributed by atoms with van der Waals surface area (Å²) < 4.78 is 13.6. The van der Waals surface area contributed by atoms with Crippen LogP contribution >= 0.6 is 0 Å². The second kappa shape index (κ2) is 7.24. The molecule has 0 saturated carbocycles. The fourth-order valence-corrected chi connectivity index (χ4v) is 1.88. The average molecular weight is 267 g/mol. The number of hydrogen-bond donors (Lipinski definition) is 2. The largest absolute Gasteiger partial charge is 0.396 e. The molecule has 0 spiro atoms. The molecule has 4 heteroatoms. The molecule has 0 radical (unpaired) electrons. The molecule has 1 amide bonds. The predicted molar refractivity (Wildman–Crippen MR) is 73.3 cm³/mol. The Labute approximate surface area is 113 Å². The minimum Gasteiger partial charge on any atom is -0.396 e. The fourth-order valence-electron chi connectivity index (χ4n) is 1.88. The van der Waals surface area contributed by atoms with Gasteiger partial charge in [0.15, 0.2) is 0 Å². The lowest BCUT2D eigenvalue weighted by atomic mass is 9.96. The van der Waals surface area contributed by atoms with E-state index in [1.807, 2.05) is 20.8 Å². The van der Waals surface area contributed by atoms with Crippen molar-refractivity contribution in [3.63, 3.8) is 0 Å². The highest BCUT2D eigenvalue weighted by molar-refractivity contribution is 5.77. The highest BCUT2D eigenvalue weighted by Gasteiger charge is 2.18. The van der Waals surface area contributed by atoms with E-state index < -0.39 is 0 Å². The van der Waals surface area contributed by atoms with Crippen LogP contribution in [0.15, 0.2) is 24.3 Å². The Balaban J connectivity index is 2.55. The van der Waals surface area contributed by atoms with Crippen LogP contribution in [-0.2, 0) is 4.79 Å². The zero-order chi connectivity index (χ0) is 14.4. The molecule has 1 rings (SSSR count). The lowest BCUT2D eigenvalue weighted by Crippen LogP contribution is -2.38. The summed E-state index contributed by atoms with van der Waals surface area (Å²) in [5.74, 6) is -0.561. The SMILES string of the molecule is CC(CC(=O)NC(C)C(C)CO)c1ccccc1F. The molecule has 0 aliphatic carbocycles. The number of hydrogen-bond acceptors (Lipinski definition) is 2. The molecule has 0 aliphatic heterocycles. The normalized spacial score (nSPS) is 15.6. The number of aliphatic hydroxyl groups is 1. The first-order chi connectivity index (χ1) is 8.95. The van der Waals surface area contributed by atoms with E-state index in [0.717, 1.165) is 0 Å². The Morgan fingerprint density at radius 1 is 1.32 bits per heavy atom. The van der Waals surface area contributed by atoms with Gasteiger partial charge in [-0.25, -0.2) is 4.39 Å². The molecule has 0 bridgehead atoms. The summed E-state index contributed by atoms with van der Waals surface area (Å²) in [4.78, 5) is 11.9. The zero-order valence-electron chi connectivity index (χ0n) is 11.7. The van der Waals surface area contributed by atoms with E-state index in [9.17, 15) is 9.18 Å². The quantitative estimate of drug-likeness (QED) is 0.831. The monoisotopic (exact) mass is 267 g/mol. The molecular formula is C15H22FNO2. The van der Waals surface area contributed by atoms with E-state index in [2.05, 4.69) is 5.32 Å². The van der Waals surface area contributed by atoms with E-state index in [1.54, 1.807) is 18.2 Å². The van der Waals surface area contributed by atoms with Crippen LogP contribution in [0.5, 0.6) is 0 Å². The van der Waals surface area contributed by atoms with Crippen LogP contribution in [0, 0.1) is 11.7 Å². The number of amides is 1. The summed E-state index contributed by atoms with van der Waals surface area (Å²) in [6.07, 6.45) is 0.240. The second-order valence-corrected chi connectivity index (χ2v) is 5.14. The highest BCUT2D eigenvalue weighted by atomic mass is 19.1. The van der Waals surface area contributed by atoms with Crippen LogP contribution in [0.2, 0.25) is 0 Å². The summed E-state index contributed by atoms with van der Waals surface area (Å²) in [5.41, 5.74) is 0.556. The number of benzene rings is 1. The van der Waals surface area contributed by atoms with Gasteiger partial charge in [0, 0.05) is 19.1 Å². The topological polar surface area (TPSA) is 49.3 Å². The van der Waals surface area contributed by atoms with Crippen molar-refractivity contribution in [3.8, 4) is 0 Å². The maximum absolute atomic E-state index is 13.6. The summed E-state index contributed by atoms with van der Waals surface area (Å²) in [7, 11) is 0. The molecule has 2 N–H and O–H groups in total. The van der Waals surface area contributed by atoms with Crippen molar-refractivity contribution in [3.05, 3.63) is 35.6 Å². The van der Waals surface area contributed by atoms with Gasteiger partial charge in [-0.1, -0.05) is 32.0 Å². The van der Waals surface area contributed by atoms with E-state index in [-0.39, 0.29) is 42.6 Å². The van der Waals surface area contributed by atoms with Gasteiger partial charge >= 0.3 is 0 Å². The number of carbonyl (C=O) groups is 1. The first-order valence-corrected chi connectivity index (χ1v) is 6.60. The molecule has 0 fully saturated rings. The van der Waals surface area contributed by atoms with Crippen molar-refractivity contribution >= 4 is 5.91 Å². The van der Waals surface area contributed by atoms with E-state index in [1.165, 1.54) is 6.07 Å². The van der Waals surface area contributed by atoms with Crippen molar-refractivity contribution in [2.75, 3.05) is 6.61 Å². The Kier molecular flexibility index (Phi) is 5.96. The zero-order valence-corrected chi connectivity index (χ0v) is 11.7. The molecule has 3 atom stereocenters. The summed E-state index contributed by atoms with van der Waals surface area (Å²) in [6.45, 7) is 5.58. The van der Waals surface area contributed by atoms with Crippen LogP contribution in [-0.4, -0.2) is 23.7 Å². The van der Waals surface area contributed by atoms with Gasteiger partial charge < -0.3 is 10.4 Å². The lowest BCUT2D eigenvalue weighted by Gasteiger charge is -2.20. The van der Waals surface area contributed by atoms with Gasteiger partial charge in [-0.3, -0.25) is 4.79 Å². The van der Waals surface area contributed by atoms with Crippen LogP contribution in [0.4, 0.5) is 4.39 Å². The summed E-state index contributed by atoms with van der Waals surface area (Å²) in [6, 6.07) is 6.41. The van der Waals surface area contributed by atoms with Crippen molar-refractivity contribution < 1.29 is 14.3 Å². The molecule has 0 aromatic heterocycles. The standard InChI is InChI=1S/C15H22FNO2/c1-10(13-6-4-5-7-14(13)16)8-15(19)17-12(3)11(2)9-18/h4-7,10-12,18H,8-9H2,1-3H3,(H,17,19). The van der Waals surface area contributed by atoms with Crippen LogP contribution < -0.4 is 5.32 Å². The molecule has 106 valence electrons. The molecule has 0 aliphatic rings. The van der Waals surface area contributed by atoms with Gasteiger partial charge in [-0.2, -0.15) is 0 Å². The van der Waals surface area contributed by atoms with Crippen LogP contribution in [0.1, 0.15) is 38.7 Å². The second-order valence-electron chi connectivity index (χ2n) is 5.14. The van der Waals surface area contributed by atoms with Crippen LogP contribution in [0.3, 0.4) is 0 Å². The number of halogens is 1. The fraction of sp³-hybridized carbons (Fsp3) is 0.533. The van der Waals surface area contributed by atoms with Gasteiger partial charge in [0.2, 0.25) is 5.91 Å². The Bertz CT molecular complexity index is 422. The molecule has 1 aromatic carbocycles. The first-order valence-electron chi connectivity index (χ1n) is 6.60. The molecule has 19 heavy (non-hydrogen) atoms. The van der Waals surface area contributed by atoms with Crippen molar-refractivity contribution in [2.45, 2.75) is 39.2 Å². The third-order valence-electron chi connectivity index (χ3n) is 3.46. The maximum Gasteiger partial charge on any atom is 0.220 e. The molecule has 3 unspecified atom stereocenters. The summed E-state index contributed by atoms with van der Waals surface area (Å²) >= 11 is 0. The number of aliphatic hydroxyl groups excluding tert-OH is 1. The van der Waals surface area contributed by atoms with Crippen molar-refractivity contribution in [1.29, 1.82) is 0 Å². The van der Waals surface area contributed by atoms with Gasteiger partial charge in [0.1, 0.15) is 5.82 Å². The molecular weight excluding hydrogens is 245 g/mol. The smallest absolute Gasteiger partial charge is 0.220 e. The highest BCUT2D eigenvalue weighted by Crippen LogP contribution is 2.21. The molecule has 1 aromatic rings. The van der Waals surface area contributed by atoms with Gasteiger partial charge in [-0.15, -0.1) is 0 Å². The van der Waals surface area contributed by atoms with Gasteiger partial charge in [-0.05, 0) is 30.4 Å². The number of carbonyl (C=O) groups excluding carboxylic acids is 1. The number of rotatable bonds is 6. The third kappa shape index (κ3) is 4.63. The Hall–Kier alpha value is -1.42. The van der Waals surface area contributed by atoms with Crippen LogP contribution in [0.25, 0.3) is 0 Å². The third-order valence-corrected chi connectivity index (χ3v) is 3.46. The predicted octanol–water partition coefficient (Wildman–Crippen LogP) is 2.45. The molecule has 3 nitrogen and oxygen atoms in total. The average Bonchev–Trinajstić information content (AvgIpc) is 2.37. The minimum atomic E-state index is -0.278. The first kappa shape index (κ1) is 15.6. The lowest BCUT2D eigenvalue weighted by molar-refractivity contribution is -0.122. The Morgan fingerprint density at radius 3 is 2.53 bits per heavy atom. The van der Waals surface area contributed by atoms with Crippen molar-refractivity contribution in [1.82, 2.24) is 5.32 Å². The summed E-state index contributed by atoms with van der Waals surface area (Å²) in [5, 5.41) is 11.8. The Morgan fingerprint density at radius 2 is 1.95 bits per heavy atom. The van der Waals surface area contributed by atoms with Gasteiger partial charge in [0.25, 0.3) is 0 Å². The van der Waals surface area contributed by atoms with E-state index >= 15 is 0 Å². The molecule has 0 heterocycles.